The quantitative estimate of drug-likeness (QED) is 0.479. The van der Waals surface area contributed by atoms with Gasteiger partial charge in [-0.1, -0.05) is 48.5 Å². The summed E-state index contributed by atoms with van der Waals surface area (Å²) < 4.78 is 6.20. The molecule has 0 radical (unpaired) electrons. The second-order valence-electron chi connectivity index (χ2n) is 6.09. The second kappa shape index (κ2) is 7.30. The van der Waals surface area contributed by atoms with Gasteiger partial charge >= 0.3 is 0 Å². The summed E-state index contributed by atoms with van der Waals surface area (Å²) in [5.41, 5.74) is 2.34. The average Bonchev–Trinajstić information content (AvgIpc) is 2.70. The molecular formula is C23H18N2O2. The number of phenolic OH excluding ortho intramolecular Hbond substituents is 1. The molecule has 4 nitrogen and oxygen atoms in total. The van der Waals surface area contributed by atoms with E-state index in [0.717, 1.165) is 22.2 Å². The first kappa shape index (κ1) is 16.8. The number of para-hydroxylation sites is 3. The van der Waals surface area contributed by atoms with Crippen LogP contribution in [0.15, 0.2) is 85.5 Å². The van der Waals surface area contributed by atoms with Crippen molar-refractivity contribution < 1.29 is 9.84 Å². The van der Waals surface area contributed by atoms with Crippen LogP contribution in [-0.2, 0) is 6.42 Å². The standard InChI is InChI=1S/C23H18N2O2/c1-2-9-16-10-3-8-15-21(16)27-23-17-11-4-6-13-19(17)24-22(25-23)18-12-5-7-14-20(18)26/h2-8,10-15,26H,1,9H2. The van der Waals surface area contributed by atoms with Crippen LogP contribution in [0.5, 0.6) is 17.4 Å². The molecule has 4 heteroatoms. The molecule has 0 aliphatic carbocycles. The van der Waals surface area contributed by atoms with E-state index in [0.29, 0.717) is 23.7 Å². The van der Waals surface area contributed by atoms with Crippen molar-refractivity contribution in [3.05, 3.63) is 91.0 Å². The van der Waals surface area contributed by atoms with Crippen LogP contribution in [0.1, 0.15) is 5.56 Å². The fourth-order valence-corrected chi connectivity index (χ4v) is 2.94. The van der Waals surface area contributed by atoms with Crippen molar-refractivity contribution in [1.82, 2.24) is 9.97 Å². The Morgan fingerprint density at radius 3 is 2.48 bits per heavy atom. The van der Waals surface area contributed by atoms with Gasteiger partial charge in [0.2, 0.25) is 5.88 Å². The third-order valence-corrected chi connectivity index (χ3v) is 4.26. The zero-order chi connectivity index (χ0) is 18.6. The first-order valence-corrected chi connectivity index (χ1v) is 8.68. The van der Waals surface area contributed by atoms with E-state index in [1.54, 1.807) is 18.2 Å². The number of fused-ring (bicyclic) bond motifs is 1. The molecule has 0 spiro atoms. The maximum Gasteiger partial charge on any atom is 0.230 e. The molecule has 1 aromatic heterocycles. The first-order valence-electron chi connectivity index (χ1n) is 8.68. The fraction of sp³-hybridized carbons (Fsp3) is 0.0435. The Labute approximate surface area is 157 Å². The number of aromatic hydroxyl groups is 1. The monoisotopic (exact) mass is 354 g/mol. The van der Waals surface area contributed by atoms with Crippen molar-refractivity contribution in [1.29, 1.82) is 0 Å². The number of ether oxygens (including phenoxy) is 1. The van der Waals surface area contributed by atoms with E-state index in [4.69, 9.17) is 4.74 Å². The van der Waals surface area contributed by atoms with Crippen LogP contribution in [0.25, 0.3) is 22.3 Å². The van der Waals surface area contributed by atoms with E-state index in [2.05, 4.69) is 16.5 Å². The molecule has 1 heterocycles. The Bertz CT molecular complexity index is 1120. The van der Waals surface area contributed by atoms with E-state index >= 15 is 0 Å². The summed E-state index contributed by atoms with van der Waals surface area (Å²) >= 11 is 0. The van der Waals surface area contributed by atoms with Gasteiger partial charge in [0.15, 0.2) is 5.82 Å². The van der Waals surface area contributed by atoms with Crippen LogP contribution in [0, 0.1) is 0 Å². The van der Waals surface area contributed by atoms with Crippen LogP contribution in [0.4, 0.5) is 0 Å². The summed E-state index contributed by atoms with van der Waals surface area (Å²) in [5.74, 6) is 1.73. The minimum atomic E-state index is 0.130. The molecule has 0 unspecified atom stereocenters. The molecule has 0 amide bonds. The Hall–Kier alpha value is -3.66. The molecule has 4 aromatic rings. The number of rotatable bonds is 5. The zero-order valence-corrected chi connectivity index (χ0v) is 14.7. The van der Waals surface area contributed by atoms with E-state index in [-0.39, 0.29) is 5.75 Å². The minimum absolute atomic E-state index is 0.130. The number of nitrogens with zero attached hydrogens (tertiary/aromatic N) is 2. The lowest BCUT2D eigenvalue weighted by Gasteiger charge is -2.13. The first-order chi connectivity index (χ1) is 13.3. The summed E-state index contributed by atoms with van der Waals surface area (Å²) in [6.45, 7) is 3.81. The van der Waals surface area contributed by atoms with Gasteiger partial charge in [-0.3, -0.25) is 0 Å². The molecule has 0 saturated carbocycles. The van der Waals surface area contributed by atoms with Gasteiger partial charge in [0, 0.05) is 0 Å². The van der Waals surface area contributed by atoms with Gasteiger partial charge in [-0.25, -0.2) is 4.98 Å². The Kier molecular flexibility index (Phi) is 4.54. The molecule has 0 aliphatic heterocycles. The summed E-state index contributed by atoms with van der Waals surface area (Å²) in [7, 11) is 0. The zero-order valence-electron chi connectivity index (χ0n) is 14.7. The molecule has 0 atom stereocenters. The normalized spacial score (nSPS) is 10.7. The summed E-state index contributed by atoms with van der Waals surface area (Å²) in [6.07, 6.45) is 2.54. The Morgan fingerprint density at radius 2 is 1.63 bits per heavy atom. The molecule has 0 bridgehead atoms. The number of hydrogen-bond acceptors (Lipinski definition) is 4. The predicted molar refractivity (Wildman–Crippen MR) is 107 cm³/mol. The molecule has 3 aromatic carbocycles. The van der Waals surface area contributed by atoms with Gasteiger partial charge in [-0.2, -0.15) is 4.98 Å². The molecule has 4 rings (SSSR count). The Morgan fingerprint density at radius 1 is 0.889 bits per heavy atom. The van der Waals surface area contributed by atoms with Crippen LogP contribution in [0.2, 0.25) is 0 Å². The highest BCUT2D eigenvalue weighted by Crippen LogP contribution is 2.34. The summed E-state index contributed by atoms with van der Waals surface area (Å²) in [4.78, 5) is 9.21. The predicted octanol–water partition coefficient (Wildman–Crippen LogP) is 5.52. The van der Waals surface area contributed by atoms with Gasteiger partial charge in [-0.05, 0) is 42.3 Å². The van der Waals surface area contributed by atoms with Crippen molar-refractivity contribution in [2.45, 2.75) is 6.42 Å². The molecular weight excluding hydrogens is 336 g/mol. The highest BCUT2D eigenvalue weighted by atomic mass is 16.5. The van der Waals surface area contributed by atoms with E-state index < -0.39 is 0 Å². The van der Waals surface area contributed by atoms with Gasteiger partial charge < -0.3 is 9.84 Å². The van der Waals surface area contributed by atoms with Gasteiger partial charge in [0.05, 0.1) is 16.5 Å². The fourth-order valence-electron chi connectivity index (χ4n) is 2.94. The molecule has 0 aliphatic rings. The molecule has 0 saturated heterocycles. The minimum Gasteiger partial charge on any atom is -0.507 e. The van der Waals surface area contributed by atoms with Crippen LogP contribution in [0.3, 0.4) is 0 Å². The van der Waals surface area contributed by atoms with E-state index in [1.165, 1.54) is 0 Å². The second-order valence-corrected chi connectivity index (χ2v) is 6.09. The van der Waals surface area contributed by atoms with Crippen molar-refractivity contribution >= 4 is 10.9 Å². The maximum atomic E-state index is 10.2. The number of allylic oxidation sites excluding steroid dienone is 1. The highest BCUT2D eigenvalue weighted by Gasteiger charge is 2.14. The lowest BCUT2D eigenvalue weighted by Crippen LogP contribution is -1.98. The van der Waals surface area contributed by atoms with Gasteiger partial charge in [0.1, 0.15) is 11.5 Å². The smallest absolute Gasteiger partial charge is 0.230 e. The number of benzene rings is 3. The third-order valence-electron chi connectivity index (χ3n) is 4.26. The van der Waals surface area contributed by atoms with E-state index in [1.807, 2.05) is 60.7 Å². The topological polar surface area (TPSA) is 55.2 Å². The lowest BCUT2D eigenvalue weighted by atomic mass is 10.1. The largest absolute Gasteiger partial charge is 0.507 e. The number of aromatic nitrogens is 2. The molecule has 1 N–H and O–H groups in total. The van der Waals surface area contributed by atoms with Crippen molar-refractivity contribution in [3.8, 4) is 28.8 Å². The SMILES string of the molecule is C=CCc1ccccc1Oc1nc(-c2ccccc2O)nc2ccccc12. The lowest BCUT2D eigenvalue weighted by molar-refractivity contribution is 0.463. The summed E-state index contributed by atoms with van der Waals surface area (Å²) in [6, 6.07) is 22.5. The summed E-state index contributed by atoms with van der Waals surface area (Å²) in [5, 5.41) is 11.0. The molecule has 132 valence electrons. The van der Waals surface area contributed by atoms with Crippen LogP contribution < -0.4 is 4.74 Å². The van der Waals surface area contributed by atoms with Gasteiger partial charge in [0.25, 0.3) is 0 Å². The average molecular weight is 354 g/mol. The molecule has 0 fully saturated rings. The van der Waals surface area contributed by atoms with Crippen molar-refractivity contribution in [2.75, 3.05) is 0 Å². The van der Waals surface area contributed by atoms with E-state index in [9.17, 15) is 5.11 Å². The number of phenols is 1. The third kappa shape index (κ3) is 3.37. The van der Waals surface area contributed by atoms with Crippen molar-refractivity contribution in [3.63, 3.8) is 0 Å². The van der Waals surface area contributed by atoms with Crippen molar-refractivity contribution in [2.24, 2.45) is 0 Å². The highest BCUT2D eigenvalue weighted by molar-refractivity contribution is 5.86. The maximum absolute atomic E-state index is 10.2. The number of hydrogen-bond donors (Lipinski definition) is 1. The van der Waals surface area contributed by atoms with Crippen LogP contribution >= 0.6 is 0 Å². The van der Waals surface area contributed by atoms with Gasteiger partial charge in [-0.15, -0.1) is 6.58 Å². The Balaban J connectivity index is 1.87. The molecule has 27 heavy (non-hydrogen) atoms. The van der Waals surface area contributed by atoms with Crippen LogP contribution in [-0.4, -0.2) is 15.1 Å².